The fourth-order valence-corrected chi connectivity index (χ4v) is 0.659. The van der Waals surface area contributed by atoms with Gasteiger partial charge in [0.1, 0.15) is 6.26 Å². The Hall–Kier alpha value is -0.760. The summed E-state index contributed by atoms with van der Waals surface area (Å²) in [6, 6.07) is 0. The molecule has 1 heterocycles. The molecule has 1 rings (SSSR count). The van der Waals surface area contributed by atoms with Gasteiger partial charge in [0.15, 0.2) is 0 Å². The van der Waals surface area contributed by atoms with Gasteiger partial charge in [-0.05, 0) is 18.9 Å². The second-order valence-corrected chi connectivity index (χ2v) is 1.91. The van der Waals surface area contributed by atoms with Crippen molar-refractivity contribution in [2.24, 2.45) is 0 Å². The van der Waals surface area contributed by atoms with Gasteiger partial charge in [0.05, 0.1) is 0 Å². The Morgan fingerprint density at radius 2 is 2.33 bits per heavy atom. The highest BCUT2D eigenvalue weighted by atomic mass is 16.6. The lowest BCUT2D eigenvalue weighted by atomic mass is 10.3. The molecule has 0 atom stereocenters. The summed E-state index contributed by atoms with van der Waals surface area (Å²) in [5.41, 5.74) is 2.80. The van der Waals surface area contributed by atoms with Crippen LogP contribution in [0.4, 0.5) is 0 Å². The minimum absolute atomic E-state index is 0.925. The highest BCUT2D eigenvalue weighted by Gasteiger charge is 1.84. The SMILES string of the molecule is C1=CCCCNOC=C1. The Morgan fingerprint density at radius 1 is 1.33 bits per heavy atom. The number of rotatable bonds is 0. The molecule has 0 saturated heterocycles. The van der Waals surface area contributed by atoms with Gasteiger partial charge >= 0.3 is 0 Å². The van der Waals surface area contributed by atoms with Crippen molar-refractivity contribution < 1.29 is 4.84 Å². The summed E-state index contributed by atoms with van der Waals surface area (Å²) in [6.07, 6.45) is 9.90. The standard InChI is InChI=1S/C7H11NO/c1-2-4-6-8-9-7-5-3-1/h1,3,5,7-8H,2,4,6H2. The number of hydrogen-bond donors (Lipinski definition) is 1. The molecule has 0 spiro atoms. The zero-order valence-electron chi connectivity index (χ0n) is 5.34. The van der Waals surface area contributed by atoms with Crippen LogP contribution in [0.25, 0.3) is 0 Å². The molecule has 0 aromatic heterocycles. The van der Waals surface area contributed by atoms with Gasteiger partial charge in [0, 0.05) is 6.54 Å². The number of hydroxylamine groups is 1. The molecule has 1 aliphatic rings. The first-order valence-corrected chi connectivity index (χ1v) is 3.20. The first kappa shape index (κ1) is 6.36. The van der Waals surface area contributed by atoms with E-state index < -0.39 is 0 Å². The third-order valence-corrected chi connectivity index (χ3v) is 1.13. The molecule has 0 aliphatic carbocycles. The molecular weight excluding hydrogens is 114 g/mol. The highest BCUT2D eigenvalue weighted by molar-refractivity contribution is 4.99. The second kappa shape index (κ2) is 4.15. The van der Waals surface area contributed by atoms with Crippen LogP contribution in [-0.4, -0.2) is 6.54 Å². The monoisotopic (exact) mass is 125 g/mol. The van der Waals surface area contributed by atoms with E-state index in [1.165, 1.54) is 0 Å². The van der Waals surface area contributed by atoms with Crippen molar-refractivity contribution in [1.29, 1.82) is 0 Å². The normalized spacial score (nSPS) is 19.6. The molecule has 0 fully saturated rings. The number of hydrogen-bond acceptors (Lipinski definition) is 2. The molecule has 0 bridgehead atoms. The van der Waals surface area contributed by atoms with Crippen molar-refractivity contribution in [2.75, 3.05) is 6.54 Å². The number of allylic oxidation sites excluding steroid dienone is 3. The van der Waals surface area contributed by atoms with Gasteiger partial charge in [-0.3, -0.25) is 0 Å². The Balaban J connectivity index is 2.28. The molecule has 50 valence electrons. The van der Waals surface area contributed by atoms with E-state index in [9.17, 15) is 0 Å². The lowest BCUT2D eigenvalue weighted by Crippen LogP contribution is -2.11. The average Bonchev–Trinajstić information content (AvgIpc) is 2.00. The maximum absolute atomic E-state index is 4.87. The summed E-state index contributed by atoms with van der Waals surface area (Å²) in [7, 11) is 0. The predicted octanol–water partition coefficient (Wildman–Crippen LogP) is 1.37. The van der Waals surface area contributed by atoms with Crippen LogP contribution in [0, 0.1) is 0 Å². The van der Waals surface area contributed by atoms with Crippen LogP contribution in [0.3, 0.4) is 0 Å². The Morgan fingerprint density at radius 3 is 3.33 bits per heavy atom. The van der Waals surface area contributed by atoms with Crippen molar-refractivity contribution >= 4 is 0 Å². The molecule has 2 nitrogen and oxygen atoms in total. The summed E-state index contributed by atoms with van der Waals surface area (Å²) in [4.78, 5) is 4.87. The smallest absolute Gasteiger partial charge is 0.111 e. The molecular formula is C7H11NO. The van der Waals surface area contributed by atoms with Crippen LogP contribution in [0.1, 0.15) is 12.8 Å². The van der Waals surface area contributed by atoms with E-state index in [4.69, 9.17) is 4.84 Å². The van der Waals surface area contributed by atoms with E-state index in [1.807, 2.05) is 12.2 Å². The predicted molar refractivity (Wildman–Crippen MR) is 36.6 cm³/mol. The van der Waals surface area contributed by atoms with E-state index in [0.717, 1.165) is 19.4 Å². The maximum atomic E-state index is 4.87. The fourth-order valence-electron chi connectivity index (χ4n) is 0.659. The maximum Gasteiger partial charge on any atom is 0.111 e. The quantitative estimate of drug-likeness (QED) is 0.528. The summed E-state index contributed by atoms with van der Waals surface area (Å²) in [6.45, 7) is 0.925. The number of nitrogens with one attached hydrogen (secondary N) is 1. The minimum atomic E-state index is 0.925. The molecule has 0 amide bonds. The van der Waals surface area contributed by atoms with E-state index in [1.54, 1.807) is 6.26 Å². The van der Waals surface area contributed by atoms with Crippen LogP contribution in [-0.2, 0) is 4.84 Å². The molecule has 0 radical (unpaired) electrons. The van der Waals surface area contributed by atoms with Crippen molar-refractivity contribution in [3.8, 4) is 0 Å². The molecule has 0 unspecified atom stereocenters. The molecule has 9 heavy (non-hydrogen) atoms. The van der Waals surface area contributed by atoms with Gasteiger partial charge in [0.25, 0.3) is 0 Å². The highest BCUT2D eigenvalue weighted by Crippen LogP contribution is 1.92. The van der Waals surface area contributed by atoms with Gasteiger partial charge in [-0.1, -0.05) is 12.2 Å². The van der Waals surface area contributed by atoms with Crippen LogP contribution in [0.2, 0.25) is 0 Å². The van der Waals surface area contributed by atoms with E-state index in [0.29, 0.717) is 0 Å². The van der Waals surface area contributed by atoms with E-state index >= 15 is 0 Å². The third-order valence-electron chi connectivity index (χ3n) is 1.13. The van der Waals surface area contributed by atoms with Gasteiger partial charge in [-0.2, -0.15) is 5.48 Å². The summed E-state index contributed by atoms with van der Waals surface area (Å²) < 4.78 is 0. The summed E-state index contributed by atoms with van der Waals surface area (Å²) in [5, 5.41) is 0. The first-order chi connectivity index (χ1) is 4.50. The van der Waals surface area contributed by atoms with Crippen LogP contribution in [0.15, 0.2) is 24.5 Å². The van der Waals surface area contributed by atoms with Gasteiger partial charge in [0.2, 0.25) is 0 Å². The summed E-state index contributed by atoms with van der Waals surface area (Å²) >= 11 is 0. The Labute approximate surface area is 55.2 Å². The van der Waals surface area contributed by atoms with Crippen molar-refractivity contribution in [3.63, 3.8) is 0 Å². The van der Waals surface area contributed by atoms with Gasteiger partial charge in [-0.15, -0.1) is 0 Å². The molecule has 2 heteroatoms. The fraction of sp³-hybridized carbons (Fsp3) is 0.429. The zero-order chi connectivity index (χ0) is 6.36. The lowest BCUT2D eigenvalue weighted by Gasteiger charge is -1.98. The van der Waals surface area contributed by atoms with Crippen LogP contribution in [0.5, 0.6) is 0 Å². The molecule has 0 aromatic carbocycles. The van der Waals surface area contributed by atoms with Crippen molar-refractivity contribution in [3.05, 3.63) is 24.5 Å². The lowest BCUT2D eigenvalue weighted by molar-refractivity contribution is 0.134. The van der Waals surface area contributed by atoms with E-state index in [-0.39, 0.29) is 0 Å². The molecule has 1 N–H and O–H groups in total. The summed E-state index contributed by atoms with van der Waals surface area (Å²) in [5.74, 6) is 0. The molecule has 1 aliphatic heterocycles. The van der Waals surface area contributed by atoms with Gasteiger partial charge in [-0.25, -0.2) is 0 Å². The average molecular weight is 125 g/mol. The van der Waals surface area contributed by atoms with Crippen LogP contribution >= 0.6 is 0 Å². The van der Waals surface area contributed by atoms with Crippen LogP contribution < -0.4 is 5.48 Å². The minimum Gasteiger partial charge on any atom is -0.417 e. The zero-order valence-corrected chi connectivity index (χ0v) is 5.34. The largest absolute Gasteiger partial charge is 0.417 e. The van der Waals surface area contributed by atoms with Gasteiger partial charge < -0.3 is 4.84 Å². The topological polar surface area (TPSA) is 21.3 Å². The molecule has 0 saturated carbocycles. The Bertz CT molecular complexity index is 104. The molecule has 0 aromatic rings. The first-order valence-electron chi connectivity index (χ1n) is 3.20. The Kier molecular flexibility index (Phi) is 2.93. The third kappa shape index (κ3) is 2.93. The second-order valence-electron chi connectivity index (χ2n) is 1.91. The van der Waals surface area contributed by atoms with E-state index in [2.05, 4.69) is 11.6 Å². The van der Waals surface area contributed by atoms with Crippen molar-refractivity contribution in [2.45, 2.75) is 12.8 Å². The van der Waals surface area contributed by atoms with Crippen molar-refractivity contribution in [1.82, 2.24) is 5.48 Å².